The summed E-state index contributed by atoms with van der Waals surface area (Å²) in [6.07, 6.45) is -3.84. The molecule has 0 aliphatic rings. The van der Waals surface area contributed by atoms with Crippen molar-refractivity contribution in [2.75, 3.05) is 7.11 Å². The van der Waals surface area contributed by atoms with Gasteiger partial charge in [-0.25, -0.2) is 4.79 Å². The first-order chi connectivity index (χ1) is 13.7. The number of hydrogen-bond donors (Lipinski definition) is 2. The van der Waals surface area contributed by atoms with Crippen molar-refractivity contribution in [2.24, 2.45) is 0 Å². The highest BCUT2D eigenvalue weighted by molar-refractivity contribution is 5.85. The van der Waals surface area contributed by atoms with Crippen LogP contribution in [0.1, 0.15) is 30.9 Å². The molecule has 0 saturated heterocycles. The Bertz CT molecular complexity index is 819. The molecule has 0 bridgehead atoms. The van der Waals surface area contributed by atoms with Gasteiger partial charge in [-0.1, -0.05) is 49.7 Å². The van der Waals surface area contributed by atoms with Crippen LogP contribution in [0.4, 0.5) is 18.0 Å². The van der Waals surface area contributed by atoms with Crippen molar-refractivity contribution in [3.05, 3.63) is 59.7 Å². The second kappa shape index (κ2) is 9.95. The molecule has 0 aromatic heterocycles. The van der Waals surface area contributed by atoms with Gasteiger partial charge in [-0.15, -0.1) is 0 Å². The third kappa shape index (κ3) is 6.51. The minimum Gasteiger partial charge on any atom is -0.453 e. The van der Waals surface area contributed by atoms with Crippen LogP contribution < -0.4 is 10.6 Å². The van der Waals surface area contributed by atoms with Gasteiger partial charge >= 0.3 is 12.3 Å². The molecule has 1 atom stereocenters. The average molecular weight is 408 g/mol. The maximum absolute atomic E-state index is 12.7. The Morgan fingerprint density at radius 2 is 1.55 bits per heavy atom. The maximum atomic E-state index is 12.7. The van der Waals surface area contributed by atoms with Crippen LogP contribution in [0.2, 0.25) is 0 Å². The van der Waals surface area contributed by atoms with E-state index in [1.54, 1.807) is 24.3 Å². The molecule has 0 heterocycles. The van der Waals surface area contributed by atoms with Crippen molar-refractivity contribution in [3.63, 3.8) is 0 Å². The quantitative estimate of drug-likeness (QED) is 0.708. The highest BCUT2D eigenvalue weighted by atomic mass is 19.4. The van der Waals surface area contributed by atoms with E-state index in [1.807, 2.05) is 6.92 Å². The van der Waals surface area contributed by atoms with Crippen LogP contribution in [-0.2, 0) is 22.3 Å². The molecule has 2 aromatic rings. The standard InChI is InChI=1S/C21H23F3N2O3/c1-3-4-18(26-20(28)29-2)19(27)25-13-14-5-7-15(8-6-14)16-9-11-17(12-10-16)21(22,23)24/h5-12,18H,3-4,13H2,1-2H3,(H,25,27)(H,26,28). The third-order valence-corrected chi connectivity index (χ3v) is 4.34. The Hall–Kier alpha value is -3.03. The predicted molar refractivity (Wildman–Crippen MR) is 103 cm³/mol. The fourth-order valence-corrected chi connectivity index (χ4v) is 2.74. The number of alkyl carbamates (subject to hydrolysis) is 1. The fraction of sp³-hybridized carbons (Fsp3) is 0.333. The summed E-state index contributed by atoms with van der Waals surface area (Å²) in [5.41, 5.74) is 1.56. The lowest BCUT2D eigenvalue weighted by Gasteiger charge is -2.17. The van der Waals surface area contributed by atoms with E-state index in [-0.39, 0.29) is 12.5 Å². The van der Waals surface area contributed by atoms with Gasteiger partial charge in [-0.3, -0.25) is 4.79 Å². The van der Waals surface area contributed by atoms with Crippen LogP contribution in [0.3, 0.4) is 0 Å². The largest absolute Gasteiger partial charge is 0.453 e. The number of ether oxygens (including phenoxy) is 1. The normalized spacial score (nSPS) is 12.2. The molecule has 2 aromatic carbocycles. The molecule has 0 aliphatic carbocycles. The van der Waals surface area contributed by atoms with E-state index in [9.17, 15) is 22.8 Å². The lowest BCUT2D eigenvalue weighted by molar-refractivity contribution is -0.137. The van der Waals surface area contributed by atoms with Gasteiger partial charge in [0.15, 0.2) is 0 Å². The van der Waals surface area contributed by atoms with Gasteiger partial charge in [0, 0.05) is 6.54 Å². The van der Waals surface area contributed by atoms with E-state index in [1.165, 1.54) is 19.2 Å². The van der Waals surface area contributed by atoms with Crippen LogP contribution in [0, 0.1) is 0 Å². The van der Waals surface area contributed by atoms with Gasteiger partial charge in [-0.2, -0.15) is 13.2 Å². The van der Waals surface area contributed by atoms with E-state index >= 15 is 0 Å². The number of halogens is 3. The first kappa shape index (κ1) is 22.3. The number of carbonyl (C=O) groups is 2. The molecule has 1 unspecified atom stereocenters. The predicted octanol–water partition coefficient (Wildman–Crippen LogP) is 4.51. The molecule has 5 nitrogen and oxygen atoms in total. The summed E-state index contributed by atoms with van der Waals surface area (Å²) in [7, 11) is 1.23. The number of alkyl halides is 3. The first-order valence-corrected chi connectivity index (χ1v) is 9.13. The molecule has 0 spiro atoms. The Balaban J connectivity index is 1.98. The van der Waals surface area contributed by atoms with Crippen molar-refractivity contribution in [3.8, 4) is 11.1 Å². The van der Waals surface area contributed by atoms with Crippen molar-refractivity contribution < 1.29 is 27.5 Å². The van der Waals surface area contributed by atoms with Crippen LogP contribution in [-0.4, -0.2) is 25.2 Å². The minimum atomic E-state index is -4.36. The Labute approximate surface area is 167 Å². The van der Waals surface area contributed by atoms with Crippen LogP contribution in [0.25, 0.3) is 11.1 Å². The molecule has 2 rings (SSSR count). The highest BCUT2D eigenvalue weighted by Crippen LogP contribution is 2.31. The lowest BCUT2D eigenvalue weighted by atomic mass is 10.0. The Morgan fingerprint density at radius 1 is 1.00 bits per heavy atom. The number of benzene rings is 2. The number of methoxy groups -OCH3 is 1. The number of hydrogen-bond acceptors (Lipinski definition) is 3. The monoisotopic (exact) mass is 408 g/mol. The number of amides is 2. The average Bonchev–Trinajstić information content (AvgIpc) is 2.71. The molecule has 156 valence electrons. The highest BCUT2D eigenvalue weighted by Gasteiger charge is 2.29. The van der Waals surface area contributed by atoms with E-state index < -0.39 is 23.9 Å². The van der Waals surface area contributed by atoms with Crippen molar-refractivity contribution in [1.82, 2.24) is 10.6 Å². The van der Waals surface area contributed by atoms with Crippen molar-refractivity contribution >= 4 is 12.0 Å². The maximum Gasteiger partial charge on any atom is 0.416 e. The molecular formula is C21H23F3N2O3. The fourth-order valence-electron chi connectivity index (χ4n) is 2.74. The van der Waals surface area contributed by atoms with Gasteiger partial charge in [0.2, 0.25) is 5.91 Å². The Kier molecular flexibility index (Phi) is 7.64. The van der Waals surface area contributed by atoms with Gasteiger partial charge in [0.25, 0.3) is 0 Å². The molecule has 0 radical (unpaired) electrons. The zero-order valence-corrected chi connectivity index (χ0v) is 16.2. The SMILES string of the molecule is CCCC(NC(=O)OC)C(=O)NCc1ccc(-c2ccc(C(F)(F)F)cc2)cc1. The molecule has 0 aliphatic heterocycles. The van der Waals surface area contributed by atoms with Crippen molar-refractivity contribution in [1.29, 1.82) is 0 Å². The molecule has 8 heteroatoms. The summed E-state index contributed by atoms with van der Waals surface area (Å²) in [4.78, 5) is 23.6. The van der Waals surface area contributed by atoms with E-state index in [0.29, 0.717) is 18.4 Å². The van der Waals surface area contributed by atoms with Crippen LogP contribution >= 0.6 is 0 Å². The number of rotatable bonds is 7. The smallest absolute Gasteiger partial charge is 0.416 e. The minimum absolute atomic E-state index is 0.259. The molecule has 2 amide bonds. The summed E-state index contributed by atoms with van der Waals surface area (Å²) in [5.74, 6) is -0.316. The molecule has 2 N–H and O–H groups in total. The van der Waals surface area contributed by atoms with Gasteiger partial charge in [0.05, 0.1) is 12.7 Å². The van der Waals surface area contributed by atoms with Crippen LogP contribution in [0.15, 0.2) is 48.5 Å². The summed E-state index contributed by atoms with van der Waals surface area (Å²) < 4.78 is 42.5. The molecule has 29 heavy (non-hydrogen) atoms. The topological polar surface area (TPSA) is 67.4 Å². The van der Waals surface area contributed by atoms with Crippen molar-refractivity contribution in [2.45, 2.75) is 38.5 Å². The van der Waals surface area contributed by atoms with Crippen LogP contribution in [0.5, 0.6) is 0 Å². The van der Waals surface area contributed by atoms with Gasteiger partial charge < -0.3 is 15.4 Å². The molecular weight excluding hydrogens is 385 g/mol. The van der Waals surface area contributed by atoms with E-state index in [2.05, 4.69) is 15.4 Å². The third-order valence-electron chi connectivity index (χ3n) is 4.34. The summed E-state index contributed by atoms with van der Waals surface area (Å²) in [6, 6.07) is 11.4. The van der Waals surface area contributed by atoms with Gasteiger partial charge in [-0.05, 0) is 35.2 Å². The van der Waals surface area contributed by atoms with E-state index in [4.69, 9.17) is 0 Å². The second-order valence-electron chi connectivity index (χ2n) is 6.47. The number of nitrogens with one attached hydrogen (secondary N) is 2. The molecule has 0 saturated carbocycles. The summed E-state index contributed by atoms with van der Waals surface area (Å²) >= 11 is 0. The van der Waals surface area contributed by atoms with E-state index in [0.717, 1.165) is 23.3 Å². The number of carbonyl (C=O) groups excluding carboxylic acids is 2. The second-order valence-corrected chi connectivity index (χ2v) is 6.47. The summed E-state index contributed by atoms with van der Waals surface area (Å²) in [6.45, 7) is 2.16. The zero-order chi connectivity index (χ0) is 21.4. The Morgan fingerprint density at radius 3 is 2.03 bits per heavy atom. The summed E-state index contributed by atoms with van der Waals surface area (Å²) in [5, 5.41) is 5.26. The lowest BCUT2D eigenvalue weighted by Crippen LogP contribution is -2.46. The zero-order valence-electron chi connectivity index (χ0n) is 16.2. The first-order valence-electron chi connectivity index (χ1n) is 9.13. The van der Waals surface area contributed by atoms with Gasteiger partial charge in [0.1, 0.15) is 6.04 Å². The molecule has 0 fully saturated rings.